The molecule has 3 aromatic rings. The minimum Gasteiger partial charge on any atom is -0.267 e. The molecule has 0 aliphatic carbocycles. The minimum absolute atomic E-state index is 0.0527. The number of nitrogens with zero attached hydrogens (tertiary/aromatic N) is 6. The van der Waals surface area contributed by atoms with Gasteiger partial charge in [0, 0.05) is 6.07 Å². The summed E-state index contributed by atoms with van der Waals surface area (Å²) < 4.78 is 1.51. The molecule has 0 atom stereocenters. The first-order valence-corrected chi connectivity index (χ1v) is 7.48. The first-order chi connectivity index (χ1) is 12.6. The number of rotatable bonds is 5. The van der Waals surface area contributed by atoms with Gasteiger partial charge in [0.05, 0.1) is 16.3 Å². The maximum atomic E-state index is 12.2. The van der Waals surface area contributed by atoms with E-state index in [1.54, 1.807) is 37.3 Å². The Hall–Kier alpha value is -3.95. The van der Waals surface area contributed by atoms with Crippen LogP contribution in [-0.4, -0.2) is 36.7 Å². The second kappa shape index (κ2) is 7.30. The van der Waals surface area contributed by atoms with E-state index in [4.69, 9.17) is 0 Å². The van der Waals surface area contributed by atoms with Gasteiger partial charge in [-0.25, -0.2) is 10.1 Å². The molecule has 1 heterocycles. The lowest BCUT2D eigenvalue weighted by atomic mass is 10.1. The largest absolute Gasteiger partial charge is 0.282 e. The highest BCUT2D eigenvalue weighted by molar-refractivity contribution is 6.02. The predicted molar refractivity (Wildman–Crippen MR) is 91.9 cm³/mol. The molecule has 0 saturated carbocycles. The molecule has 1 aromatic heterocycles. The van der Waals surface area contributed by atoms with Crippen LogP contribution < -0.4 is 5.43 Å². The van der Waals surface area contributed by atoms with Crippen LogP contribution in [-0.2, 0) is 0 Å². The van der Waals surface area contributed by atoms with E-state index < -0.39 is 10.8 Å². The third-order valence-electron chi connectivity index (χ3n) is 3.57. The first-order valence-electron chi connectivity index (χ1n) is 7.48. The second-order valence-electron chi connectivity index (χ2n) is 5.21. The van der Waals surface area contributed by atoms with Crippen molar-refractivity contribution in [2.45, 2.75) is 6.92 Å². The summed E-state index contributed by atoms with van der Waals surface area (Å²) >= 11 is 0. The van der Waals surface area contributed by atoms with Gasteiger partial charge in [-0.3, -0.25) is 14.9 Å². The fourth-order valence-corrected chi connectivity index (χ4v) is 2.22. The van der Waals surface area contributed by atoms with E-state index in [1.165, 1.54) is 29.2 Å². The molecule has 0 aliphatic rings. The van der Waals surface area contributed by atoms with Gasteiger partial charge in [0.25, 0.3) is 11.6 Å². The number of benzene rings is 2. The predicted octanol–water partition coefficient (Wildman–Crippen LogP) is 1.72. The Kier molecular flexibility index (Phi) is 4.74. The van der Waals surface area contributed by atoms with Gasteiger partial charge in [0.1, 0.15) is 11.9 Å². The van der Waals surface area contributed by atoms with Crippen molar-refractivity contribution in [3.8, 4) is 5.69 Å². The van der Waals surface area contributed by atoms with Crippen LogP contribution in [0.25, 0.3) is 5.69 Å². The zero-order valence-corrected chi connectivity index (χ0v) is 13.6. The minimum atomic E-state index is -0.651. The molecule has 2 aromatic carbocycles. The van der Waals surface area contributed by atoms with Crippen LogP contribution in [0.15, 0.2) is 60.0 Å². The Morgan fingerprint density at radius 1 is 1.19 bits per heavy atom. The number of hydrogen-bond acceptors (Lipinski definition) is 7. The van der Waals surface area contributed by atoms with Crippen molar-refractivity contribution < 1.29 is 9.72 Å². The van der Waals surface area contributed by atoms with Crippen LogP contribution in [0.2, 0.25) is 0 Å². The Labute approximate surface area is 147 Å². The lowest BCUT2D eigenvalue weighted by molar-refractivity contribution is -0.385. The maximum Gasteiger partial charge on any atom is 0.282 e. The molecule has 1 amide bonds. The molecule has 10 nitrogen and oxygen atoms in total. The van der Waals surface area contributed by atoms with Gasteiger partial charge in [-0.05, 0) is 41.1 Å². The number of carbonyl (C=O) groups is 1. The average molecular weight is 351 g/mol. The average Bonchev–Trinajstić information content (AvgIpc) is 3.20. The lowest BCUT2D eigenvalue weighted by Crippen LogP contribution is -2.20. The molecule has 0 spiro atoms. The smallest absolute Gasteiger partial charge is 0.267 e. The molecule has 10 heteroatoms. The number of amides is 1. The van der Waals surface area contributed by atoms with Gasteiger partial charge in [0.2, 0.25) is 0 Å². The number of carbonyl (C=O) groups excluding carboxylic acids is 1. The van der Waals surface area contributed by atoms with E-state index in [2.05, 4.69) is 26.1 Å². The first kappa shape index (κ1) is 16.9. The SMILES string of the molecule is C/C(=N\NC(=O)c1ccccc1[N+](=O)[O-])c1ccc(-n2cnnn2)cc1. The molecule has 3 rings (SSSR count). The number of aromatic nitrogens is 4. The van der Waals surface area contributed by atoms with Gasteiger partial charge in [-0.2, -0.15) is 5.10 Å². The molecule has 0 unspecified atom stereocenters. The van der Waals surface area contributed by atoms with Gasteiger partial charge in [-0.15, -0.1) is 5.10 Å². The van der Waals surface area contributed by atoms with Crippen LogP contribution in [0, 0.1) is 10.1 Å². The fraction of sp³-hybridized carbons (Fsp3) is 0.0625. The second-order valence-corrected chi connectivity index (χ2v) is 5.21. The number of hydrogen-bond donors (Lipinski definition) is 1. The highest BCUT2D eigenvalue weighted by Gasteiger charge is 2.18. The Morgan fingerprint density at radius 3 is 2.58 bits per heavy atom. The van der Waals surface area contributed by atoms with Crippen molar-refractivity contribution >= 4 is 17.3 Å². The highest BCUT2D eigenvalue weighted by atomic mass is 16.6. The standard InChI is InChI=1S/C16H13N7O3/c1-11(12-6-8-13(9-7-12)22-10-17-20-21-22)18-19-16(24)14-4-2-3-5-15(14)23(25)26/h2-10H,1H3,(H,19,24)/b18-11+. The maximum absolute atomic E-state index is 12.2. The quantitative estimate of drug-likeness (QED) is 0.423. The molecule has 26 heavy (non-hydrogen) atoms. The van der Waals surface area contributed by atoms with Crippen LogP contribution in [0.3, 0.4) is 0 Å². The van der Waals surface area contributed by atoms with Crippen LogP contribution in [0.1, 0.15) is 22.8 Å². The van der Waals surface area contributed by atoms with E-state index in [1.807, 2.05) is 0 Å². The van der Waals surface area contributed by atoms with Gasteiger partial charge >= 0.3 is 0 Å². The number of nitro benzene ring substituents is 1. The Balaban J connectivity index is 1.74. The van der Waals surface area contributed by atoms with Crippen LogP contribution in [0.4, 0.5) is 5.69 Å². The summed E-state index contributed by atoms with van der Waals surface area (Å²) in [5.74, 6) is -0.651. The number of nitrogens with one attached hydrogen (secondary N) is 1. The Bertz CT molecular complexity index is 966. The van der Waals surface area contributed by atoms with E-state index in [9.17, 15) is 14.9 Å². The monoisotopic (exact) mass is 351 g/mol. The molecule has 0 saturated heterocycles. The summed E-state index contributed by atoms with van der Waals surface area (Å²) in [6.07, 6.45) is 1.48. The van der Waals surface area contributed by atoms with E-state index in [0.717, 1.165) is 11.3 Å². The van der Waals surface area contributed by atoms with Crippen molar-refractivity contribution in [3.63, 3.8) is 0 Å². The molecule has 0 bridgehead atoms. The van der Waals surface area contributed by atoms with Gasteiger partial charge < -0.3 is 0 Å². The van der Waals surface area contributed by atoms with E-state index in [-0.39, 0.29) is 11.3 Å². The zero-order valence-electron chi connectivity index (χ0n) is 13.6. The van der Waals surface area contributed by atoms with Crippen molar-refractivity contribution in [3.05, 3.63) is 76.1 Å². The molecule has 0 aliphatic heterocycles. The summed E-state index contributed by atoms with van der Waals surface area (Å²) in [6.45, 7) is 1.71. The van der Waals surface area contributed by atoms with Crippen molar-refractivity contribution in [2.75, 3.05) is 0 Å². The number of nitro groups is 1. The fourth-order valence-electron chi connectivity index (χ4n) is 2.22. The van der Waals surface area contributed by atoms with Crippen LogP contribution >= 0.6 is 0 Å². The number of para-hydroxylation sites is 1. The molecular weight excluding hydrogens is 338 g/mol. The topological polar surface area (TPSA) is 128 Å². The normalized spacial score (nSPS) is 11.2. The van der Waals surface area contributed by atoms with Crippen molar-refractivity contribution in [1.82, 2.24) is 25.6 Å². The lowest BCUT2D eigenvalue weighted by Gasteiger charge is -2.05. The highest BCUT2D eigenvalue weighted by Crippen LogP contribution is 2.17. The molecule has 1 N–H and O–H groups in total. The molecule has 0 fully saturated rings. The third-order valence-corrected chi connectivity index (χ3v) is 3.57. The summed E-state index contributed by atoms with van der Waals surface area (Å²) in [6, 6.07) is 12.9. The summed E-state index contributed by atoms with van der Waals surface area (Å²) in [5, 5.41) is 25.9. The van der Waals surface area contributed by atoms with Gasteiger partial charge in [0.15, 0.2) is 0 Å². The zero-order chi connectivity index (χ0) is 18.5. The van der Waals surface area contributed by atoms with Crippen molar-refractivity contribution in [2.24, 2.45) is 5.10 Å². The molecule has 130 valence electrons. The van der Waals surface area contributed by atoms with Gasteiger partial charge in [-0.1, -0.05) is 24.3 Å². The Morgan fingerprint density at radius 2 is 1.92 bits per heavy atom. The molecular formula is C16H13N7O3. The summed E-state index contributed by atoms with van der Waals surface area (Å²) in [5.41, 5.74) is 4.10. The van der Waals surface area contributed by atoms with E-state index >= 15 is 0 Å². The molecule has 0 radical (unpaired) electrons. The van der Waals surface area contributed by atoms with E-state index in [0.29, 0.717) is 5.71 Å². The van der Waals surface area contributed by atoms with Crippen molar-refractivity contribution in [1.29, 1.82) is 0 Å². The number of hydrazone groups is 1. The summed E-state index contributed by atoms with van der Waals surface area (Å²) in [4.78, 5) is 22.5. The third kappa shape index (κ3) is 3.59. The number of tetrazole rings is 1. The van der Waals surface area contributed by atoms with Crippen LogP contribution in [0.5, 0.6) is 0 Å². The summed E-state index contributed by atoms with van der Waals surface area (Å²) in [7, 11) is 0.